The zero-order valence-electron chi connectivity index (χ0n) is 8.74. The molecule has 2 aromatic rings. The summed E-state index contributed by atoms with van der Waals surface area (Å²) in [6, 6.07) is 13.9. The molecule has 2 nitrogen and oxygen atoms in total. The Kier molecular flexibility index (Phi) is 2.97. The molecule has 3 heteroatoms. The Morgan fingerprint density at radius 3 is 1.00 bits per heavy atom. The van der Waals surface area contributed by atoms with Crippen molar-refractivity contribution in [3.8, 4) is 0 Å². The van der Waals surface area contributed by atoms with E-state index in [9.17, 15) is 9.59 Å². The van der Waals surface area contributed by atoms with Crippen molar-refractivity contribution in [2.45, 2.75) is 0 Å². The van der Waals surface area contributed by atoms with Crippen LogP contribution in [0.2, 0.25) is 0 Å². The van der Waals surface area contributed by atoms with E-state index in [-0.39, 0.29) is 28.6 Å². The molecule has 17 heavy (non-hydrogen) atoms. The number of fused-ring (bicyclic) bond motifs is 2. The van der Waals surface area contributed by atoms with E-state index in [2.05, 4.69) is 0 Å². The average Bonchev–Trinajstić information content (AvgIpc) is 2.36. The molecule has 0 heterocycles. The fraction of sp³-hybridized carbons (Fsp3) is 0. The van der Waals surface area contributed by atoms with Gasteiger partial charge in [-0.1, -0.05) is 48.5 Å². The number of ketones is 2. The van der Waals surface area contributed by atoms with Crippen molar-refractivity contribution in [1.29, 1.82) is 0 Å². The van der Waals surface area contributed by atoms with Crippen LogP contribution in [-0.2, 0) is 17.1 Å². The molecule has 0 aromatic heterocycles. The van der Waals surface area contributed by atoms with E-state index >= 15 is 0 Å². The van der Waals surface area contributed by atoms with Gasteiger partial charge in [-0.25, -0.2) is 0 Å². The molecular formula is C14H8CuO2. The molecule has 0 unspecified atom stereocenters. The third kappa shape index (κ3) is 1.64. The first-order chi connectivity index (χ1) is 7.79. The van der Waals surface area contributed by atoms with Crippen LogP contribution < -0.4 is 0 Å². The molecule has 0 N–H and O–H groups in total. The molecule has 0 atom stereocenters. The van der Waals surface area contributed by atoms with Gasteiger partial charge in [-0.3, -0.25) is 9.59 Å². The predicted octanol–water partition coefficient (Wildman–Crippen LogP) is 2.46. The fourth-order valence-corrected chi connectivity index (χ4v) is 2.05. The fourth-order valence-electron chi connectivity index (χ4n) is 2.05. The number of carbonyl (C=O) groups is 2. The molecular weight excluding hydrogens is 264 g/mol. The molecule has 3 rings (SSSR count). The van der Waals surface area contributed by atoms with Crippen LogP contribution in [0.3, 0.4) is 0 Å². The van der Waals surface area contributed by atoms with Gasteiger partial charge in [-0.15, -0.1) is 0 Å². The normalized spacial score (nSPS) is 12.5. The second-order valence-corrected chi connectivity index (χ2v) is 3.75. The van der Waals surface area contributed by atoms with Crippen LogP contribution in [0.1, 0.15) is 31.8 Å². The standard InChI is InChI=1S/C14H8O2.Cu/c15-13-9-5-1-2-6-10(9)14(16)12-8-4-3-7-11(12)13;/h1-8H;. The van der Waals surface area contributed by atoms with E-state index in [0.29, 0.717) is 22.3 Å². The zero-order chi connectivity index (χ0) is 11.1. The maximum atomic E-state index is 12.1. The summed E-state index contributed by atoms with van der Waals surface area (Å²) < 4.78 is 0. The van der Waals surface area contributed by atoms with Crippen molar-refractivity contribution >= 4 is 11.6 Å². The number of hydrogen-bond donors (Lipinski definition) is 0. The van der Waals surface area contributed by atoms with Crippen LogP contribution in [0.5, 0.6) is 0 Å². The topological polar surface area (TPSA) is 34.1 Å². The van der Waals surface area contributed by atoms with Gasteiger partial charge >= 0.3 is 0 Å². The van der Waals surface area contributed by atoms with Gasteiger partial charge in [0, 0.05) is 39.3 Å². The van der Waals surface area contributed by atoms with E-state index in [1.54, 1.807) is 48.5 Å². The Bertz CT molecular complexity index is 512. The largest absolute Gasteiger partial charge is 0.289 e. The van der Waals surface area contributed by atoms with Gasteiger partial charge in [0.1, 0.15) is 0 Å². The number of benzene rings is 2. The zero-order valence-corrected chi connectivity index (χ0v) is 9.68. The van der Waals surface area contributed by atoms with Crippen LogP contribution in [0, 0.1) is 0 Å². The van der Waals surface area contributed by atoms with Gasteiger partial charge in [0.2, 0.25) is 0 Å². The van der Waals surface area contributed by atoms with Gasteiger partial charge < -0.3 is 0 Å². The average molecular weight is 272 g/mol. The van der Waals surface area contributed by atoms with Crippen molar-refractivity contribution in [3.63, 3.8) is 0 Å². The Hall–Kier alpha value is -1.70. The maximum absolute atomic E-state index is 12.1. The molecule has 1 aliphatic carbocycles. The summed E-state index contributed by atoms with van der Waals surface area (Å²) in [6.07, 6.45) is 0. The molecule has 0 aliphatic heterocycles. The molecule has 0 saturated carbocycles. The quantitative estimate of drug-likeness (QED) is 0.589. The Morgan fingerprint density at radius 1 is 0.529 bits per heavy atom. The Balaban J connectivity index is 0.00000108. The molecule has 1 aliphatic rings. The van der Waals surface area contributed by atoms with Crippen LogP contribution in [-0.4, -0.2) is 11.6 Å². The van der Waals surface area contributed by atoms with Crippen LogP contribution in [0.25, 0.3) is 0 Å². The third-order valence-corrected chi connectivity index (χ3v) is 2.83. The monoisotopic (exact) mass is 271 g/mol. The first-order valence-electron chi connectivity index (χ1n) is 5.06. The summed E-state index contributed by atoms with van der Waals surface area (Å²) in [6.45, 7) is 0. The van der Waals surface area contributed by atoms with Gasteiger partial charge in [-0.05, 0) is 0 Å². The van der Waals surface area contributed by atoms with Crippen molar-refractivity contribution in [3.05, 3.63) is 70.8 Å². The van der Waals surface area contributed by atoms with E-state index in [1.165, 1.54) is 0 Å². The van der Waals surface area contributed by atoms with Gasteiger partial charge in [0.15, 0.2) is 11.6 Å². The first kappa shape index (κ1) is 11.8. The van der Waals surface area contributed by atoms with E-state index in [0.717, 1.165) is 0 Å². The predicted molar refractivity (Wildman–Crippen MR) is 59.7 cm³/mol. The number of carbonyl (C=O) groups excluding carboxylic acids is 2. The summed E-state index contributed by atoms with van der Waals surface area (Å²) in [5.74, 6) is -0.128. The van der Waals surface area contributed by atoms with Gasteiger partial charge in [-0.2, -0.15) is 0 Å². The summed E-state index contributed by atoms with van der Waals surface area (Å²) >= 11 is 0. The maximum Gasteiger partial charge on any atom is 0.194 e. The minimum absolute atomic E-state index is 0. The van der Waals surface area contributed by atoms with Gasteiger partial charge in [0.25, 0.3) is 0 Å². The minimum atomic E-state index is -0.0641. The molecule has 87 valence electrons. The van der Waals surface area contributed by atoms with Crippen molar-refractivity contribution in [2.24, 2.45) is 0 Å². The third-order valence-electron chi connectivity index (χ3n) is 2.83. The summed E-state index contributed by atoms with van der Waals surface area (Å²) in [7, 11) is 0. The summed E-state index contributed by atoms with van der Waals surface area (Å²) in [4.78, 5) is 24.2. The summed E-state index contributed by atoms with van der Waals surface area (Å²) in [5, 5.41) is 0. The second-order valence-electron chi connectivity index (χ2n) is 3.75. The smallest absolute Gasteiger partial charge is 0.194 e. The van der Waals surface area contributed by atoms with Crippen molar-refractivity contribution in [2.75, 3.05) is 0 Å². The minimum Gasteiger partial charge on any atom is -0.289 e. The second kappa shape index (κ2) is 4.28. The van der Waals surface area contributed by atoms with Crippen LogP contribution in [0.15, 0.2) is 48.5 Å². The molecule has 1 radical (unpaired) electrons. The van der Waals surface area contributed by atoms with Crippen LogP contribution >= 0.6 is 0 Å². The molecule has 2 aromatic carbocycles. The Labute approximate surface area is 109 Å². The molecule has 0 spiro atoms. The van der Waals surface area contributed by atoms with E-state index in [4.69, 9.17) is 0 Å². The molecule has 0 bridgehead atoms. The molecule has 0 fully saturated rings. The van der Waals surface area contributed by atoms with Crippen molar-refractivity contribution in [1.82, 2.24) is 0 Å². The number of hydrogen-bond acceptors (Lipinski definition) is 2. The van der Waals surface area contributed by atoms with Crippen LogP contribution in [0.4, 0.5) is 0 Å². The van der Waals surface area contributed by atoms with E-state index in [1.807, 2.05) is 0 Å². The SMILES string of the molecule is O=C1c2ccccc2C(=O)c2ccccc21.[Cu]. The first-order valence-corrected chi connectivity index (χ1v) is 5.06. The molecule has 0 saturated heterocycles. The Morgan fingerprint density at radius 2 is 0.765 bits per heavy atom. The number of rotatable bonds is 0. The van der Waals surface area contributed by atoms with Crippen molar-refractivity contribution < 1.29 is 26.7 Å². The van der Waals surface area contributed by atoms with E-state index < -0.39 is 0 Å². The molecule has 0 amide bonds. The summed E-state index contributed by atoms with van der Waals surface area (Å²) in [5.41, 5.74) is 2.02. The van der Waals surface area contributed by atoms with Gasteiger partial charge in [0.05, 0.1) is 0 Å².